The number of anilines is 1. The monoisotopic (exact) mass is 615 g/mol. The molecule has 42 heavy (non-hydrogen) atoms. The first-order chi connectivity index (χ1) is 19.8. The Balaban J connectivity index is 2.12. The van der Waals surface area contributed by atoms with Crippen LogP contribution in [0.1, 0.15) is 39.7 Å². The first-order valence-electron chi connectivity index (χ1n) is 13.5. The van der Waals surface area contributed by atoms with Gasteiger partial charge in [0.05, 0.1) is 24.8 Å². The molecule has 3 rings (SSSR count). The molecule has 11 heteroatoms. The fourth-order valence-corrected chi connectivity index (χ4v) is 6.00. The molecule has 1 unspecified atom stereocenters. The second-order valence-corrected chi connectivity index (χ2v) is 13.0. The maximum absolute atomic E-state index is 14.2. The number of hydrogen-bond acceptors (Lipinski definition) is 6. The minimum atomic E-state index is -4.27. The number of nitrogens with zero attached hydrogens (tertiary/aromatic N) is 2. The number of carbonyl (C=O) groups is 2. The fraction of sp³-hybridized carbons (Fsp3) is 0.355. The number of benzene rings is 3. The number of sulfonamides is 1. The Morgan fingerprint density at radius 3 is 2.14 bits per heavy atom. The molecule has 3 aromatic carbocycles. The van der Waals surface area contributed by atoms with Gasteiger partial charge < -0.3 is 19.7 Å². The minimum Gasteiger partial charge on any atom is -0.497 e. The van der Waals surface area contributed by atoms with E-state index in [1.807, 2.05) is 20.8 Å². The Labute approximate surface area is 253 Å². The Kier molecular flexibility index (Phi) is 10.9. The van der Waals surface area contributed by atoms with E-state index in [2.05, 4.69) is 5.32 Å². The van der Waals surface area contributed by atoms with E-state index in [4.69, 9.17) is 21.1 Å². The molecule has 0 aliphatic rings. The van der Waals surface area contributed by atoms with E-state index in [0.29, 0.717) is 12.2 Å². The lowest BCUT2D eigenvalue weighted by Gasteiger charge is -2.35. The van der Waals surface area contributed by atoms with Crippen molar-refractivity contribution in [2.24, 2.45) is 0 Å². The molecule has 1 N–H and O–H groups in total. The highest BCUT2D eigenvalue weighted by Gasteiger charge is 2.35. The van der Waals surface area contributed by atoms with E-state index in [1.165, 1.54) is 36.3 Å². The quantitative estimate of drug-likeness (QED) is 0.297. The van der Waals surface area contributed by atoms with Crippen molar-refractivity contribution in [3.05, 3.63) is 83.4 Å². The number of rotatable bonds is 12. The molecular formula is C31H38ClN3O6S. The topological polar surface area (TPSA) is 105 Å². The largest absolute Gasteiger partial charge is 0.497 e. The summed E-state index contributed by atoms with van der Waals surface area (Å²) in [6.45, 7) is 6.82. The van der Waals surface area contributed by atoms with Crippen molar-refractivity contribution < 1.29 is 27.5 Å². The van der Waals surface area contributed by atoms with Gasteiger partial charge in [0.1, 0.15) is 24.1 Å². The molecule has 2 amide bonds. The van der Waals surface area contributed by atoms with Crippen LogP contribution in [-0.2, 0) is 26.2 Å². The summed E-state index contributed by atoms with van der Waals surface area (Å²) in [5, 5.41) is 3.22. The molecule has 0 heterocycles. The molecule has 0 aromatic heterocycles. The number of carbonyl (C=O) groups excluding carboxylic acids is 2. The minimum absolute atomic E-state index is 0.0148. The third-order valence-electron chi connectivity index (χ3n) is 6.42. The van der Waals surface area contributed by atoms with E-state index < -0.39 is 34.1 Å². The third-order valence-corrected chi connectivity index (χ3v) is 8.42. The van der Waals surface area contributed by atoms with Gasteiger partial charge in [-0.25, -0.2) is 8.42 Å². The lowest BCUT2D eigenvalue weighted by molar-refractivity contribution is -0.141. The normalized spacial score (nSPS) is 12.3. The second-order valence-electron chi connectivity index (χ2n) is 10.7. The molecule has 0 aliphatic heterocycles. The number of ether oxygens (including phenoxy) is 2. The zero-order valence-electron chi connectivity index (χ0n) is 24.8. The van der Waals surface area contributed by atoms with E-state index in [-0.39, 0.29) is 33.8 Å². The van der Waals surface area contributed by atoms with Crippen molar-refractivity contribution in [1.29, 1.82) is 0 Å². The van der Waals surface area contributed by atoms with Crippen molar-refractivity contribution in [2.75, 3.05) is 25.1 Å². The molecule has 0 radical (unpaired) electrons. The molecule has 226 valence electrons. The Morgan fingerprint density at radius 1 is 0.952 bits per heavy atom. The van der Waals surface area contributed by atoms with E-state index in [9.17, 15) is 18.0 Å². The molecular weight excluding hydrogens is 578 g/mol. The second kappa shape index (κ2) is 13.9. The van der Waals surface area contributed by atoms with Crippen LogP contribution in [0.5, 0.6) is 11.5 Å². The highest BCUT2D eigenvalue weighted by Crippen LogP contribution is 2.35. The average molecular weight is 616 g/mol. The summed E-state index contributed by atoms with van der Waals surface area (Å²) >= 11 is 6.29. The molecule has 3 aromatic rings. The molecule has 9 nitrogen and oxygen atoms in total. The predicted molar refractivity (Wildman–Crippen MR) is 164 cm³/mol. The first kappa shape index (κ1) is 32.8. The maximum Gasteiger partial charge on any atom is 0.264 e. The standard InChI is InChI=1S/C31H38ClN3O6S/c1-7-26(30(37)33-31(2,3)4)34(20-22-13-16-24(40-5)17-14-22)29(36)21-35(27-19-23(32)15-18-28(27)41-6)42(38,39)25-11-9-8-10-12-25/h8-19,26H,7,20-21H2,1-6H3,(H,33,37). The Morgan fingerprint density at radius 2 is 1.60 bits per heavy atom. The number of amides is 2. The van der Waals surface area contributed by atoms with Gasteiger partial charge in [-0.2, -0.15) is 0 Å². The van der Waals surface area contributed by atoms with Crippen LogP contribution in [0.2, 0.25) is 5.02 Å². The van der Waals surface area contributed by atoms with Gasteiger partial charge in [0.15, 0.2) is 0 Å². The fourth-order valence-electron chi connectivity index (χ4n) is 4.39. The van der Waals surface area contributed by atoms with E-state index >= 15 is 0 Å². The molecule has 0 saturated heterocycles. The zero-order valence-corrected chi connectivity index (χ0v) is 26.3. The Hall–Kier alpha value is -3.76. The van der Waals surface area contributed by atoms with Crippen molar-refractivity contribution in [3.63, 3.8) is 0 Å². The average Bonchev–Trinajstić information content (AvgIpc) is 2.95. The van der Waals surface area contributed by atoms with Gasteiger partial charge in [-0.05, 0) is 75.2 Å². The molecule has 0 fully saturated rings. The van der Waals surface area contributed by atoms with Crippen LogP contribution in [0.3, 0.4) is 0 Å². The van der Waals surface area contributed by atoms with Crippen LogP contribution in [-0.4, -0.2) is 57.5 Å². The lowest BCUT2D eigenvalue weighted by Crippen LogP contribution is -2.55. The highest BCUT2D eigenvalue weighted by molar-refractivity contribution is 7.92. The number of methoxy groups -OCH3 is 2. The van der Waals surface area contributed by atoms with Crippen LogP contribution in [0.25, 0.3) is 0 Å². The molecule has 0 aliphatic carbocycles. The van der Waals surface area contributed by atoms with Crippen molar-refractivity contribution in [2.45, 2.75) is 57.1 Å². The first-order valence-corrected chi connectivity index (χ1v) is 15.3. The zero-order chi connectivity index (χ0) is 31.1. The molecule has 1 atom stereocenters. The smallest absolute Gasteiger partial charge is 0.264 e. The van der Waals surface area contributed by atoms with Crippen molar-refractivity contribution in [1.82, 2.24) is 10.2 Å². The number of halogens is 1. The van der Waals surface area contributed by atoms with Gasteiger partial charge in [0.2, 0.25) is 11.8 Å². The summed E-state index contributed by atoms with van der Waals surface area (Å²) in [4.78, 5) is 29.1. The van der Waals surface area contributed by atoms with Gasteiger partial charge in [-0.15, -0.1) is 0 Å². The van der Waals surface area contributed by atoms with Gasteiger partial charge >= 0.3 is 0 Å². The number of nitrogens with one attached hydrogen (secondary N) is 1. The predicted octanol–water partition coefficient (Wildman–Crippen LogP) is 5.27. The van der Waals surface area contributed by atoms with Crippen molar-refractivity contribution >= 4 is 39.1 Å². The molecule has 0 saturated carbocycles. The van der Waals surface area contributed by atoms with Gasteiger partial charge in [0.25, 0.3) is 10.0 Å². The number of hydrogen-bond donors (Lipinski definition) is 1. The van der Waals surface area contributed by atoms with Gasteiger partial charge in [-0.3, -0.25) is 13.9 Å². The molecule has 0 bridgehead atoms. The summed E-state index contributed by atoms with van der Waals surface area (Å²) in [5.41, 5.74) is 0.290. The van der Waals surface area contributed by atoms with Crippen LogP contribution < -0.4 is 19.1 Å². The van der Waals surface area contributed by atoms with E-state index in [1.54, 1.807) is 62.6 Å². The maximum atomic E-state index is 14.2. The SMILES string of the molecule is CCC(C(=O)NC(C)(C)C)N(Cc1ccc(OC)cc1)C(=O)CN(c1cc(Cl)ccc1OC)S(=O)(=O)c1ccccc1. The summed E-state index contributed by atoms with van der Waals surface area (Å²) in [6.07, 6.45) is 0.301. The van der Waals surface area contributed by atoms with Gasteiger partial charge in [-0.1, -0.05) is 48.9 Å². The lowest BCUT2D eigenvalue weighted by atomic mass is 10.1. The highest BCUT2D eigenvalue weighted by atomic mass is 35.5. The summed E-state index contributed by atoms with van der Waals surface area (Å²) in [7, 11) is -1.30. The van der Waals surface area contributed by atoms with Crippen LogP contribution in [0.15, 0.2) is 77.7 Å². The van der Waals surface area contributed by atoms with Gasteiger partial charge in [0, 0.05) is 17.1 Å². The van der Waals surface area contributed by atoms with Crippen molar-refractivity contribution in [3.8, 4) is 11.5 Å². The molecule has 0 spiro atoms. The van der Waals surface area contributed by atoms with E-state index in [0.717, 1.165) is 9.87 Å². The summed E-state index contributed by atoms with van der Waals surface area (Å²) < 4.78 is 39.7. The van der Waals surface area contributed by atoms with Crippen LogP contribution in [0, 0.1) is 0 Å². The summed E-state index contributed by atoms with van der Waals surface area (Å²) in [5.74, 6) is -0.0684. The van der Waals surface area contributed by atoms with Crippen LogP contribution in [0.4, 0.5) is 5.69 Å². The third kappa shape index (κ3) is 8.17. The summed E-state index contributed by atoms with van der Waals surface area (Å²) in [6, 6.07) is 18.6. The Bertz CT molecular complexity index is 1470. The van der Waals surface area contributed by atoms with Crippen LogP contribution >= 0.6 is 11.6 Å².